The van der Waals surface area contributed by atoms with Crippen molar-refractivity contribution in [2.45, 2.75) is 11.4 Å². The molecule has 0 aliphatic carbocycles. The molecule has 1 heterocycles. The van der Waals surface area contributed by atoms with Crippen LogP contribution in [0, 0.1) is 0 Å². The highest BCUT2D eigenvalue weighted by molar-refractivity contribution is 7.89. The van der Waals surface area contributed by atoms with Crippen LogP contribution in [0.15, 0.2) is 70.0 Å². The summed E-state index contributed by atoms with van der Waals surface area (Å²) >= 11 is 5.98. The normalized spacial score (nSPS) is 11.4. The van der Waals surface area contributed by atoms with E-state index >= 15 is 0 Å². The molecule has 7 heteroatoms. The van der Waals surface area contributed by atoms with Gasteiger partial charge in [0.25, 0.3) is 0 Å². The average molecular weight is 363 g/mol. The molecule has 1 aromatic heterocycles. The van der Waals surface area contributed by atoms with E-state index in [-0.39, 0.29) is 4.90 Å². The van der Waals surface area contributed by atoms with E-state index in [1.165, 1.54) is 12.1 Å². The summed E-state index contributed by atoms with van der Waals surface area (Å²) < 4.78 is 28.2. The Bertz CT molecular complexity index is 950. The molecular weight excluding hydrogens is 348 g/mol. The van der Waals surface area contributed by atoms with Gasteiger partial charge in [-0.05, 0) is 48.5 Å². The standard InChI is InChI=1S/C17H15ClN2O3S/c18-13-3-1-2-12(10-13)17-9-6-15(23-17)11-20-14-4-7-16(8-5-14)24(19,21)22/h1-10,20H,11H2,(H2,19,21,22). The van der Waals surface area contributed by atoms with E-state index < -0.39 is 10.0 Å². The van der Waals surface area contributed by atoms with Gasteiger partial charge in [0.15, 0.2) is 0 Å². The number of primary sulfonamides is 1. The lowest BCUT2D eigenvalue weighted by molar-refractivity contribution is 0.531. The molecule has 24 heavy (non-hydrogen) atoms. The summed E-state index contributed by atoms with van der Waals surface area (Å²) in [6, 6.07) is 17.4. The Morgan fingerprint density at radius 2 is 1.79 bits per heavy atom. The van der Waals surface area contributed by atoms with E-state index in [0.717, 1.165) is 22.8 Å². The smallest absolute Gasteiger partial charge is 0.238 e. The van der Waals surface area contributed by atoms with Crippen LogP contribution in [0.4, 0.5) is 5.69 Å². The Morgan fingerprint density at radius 1 is 1.04 bits per heavy atom. The Kier molecular flexibility index (Phi) is 4.62. The molecule has 0 fully saturated rings. The van der Waals surface area contributed by atoms with Gasteiger partial charge in [-0.15, -0.1) is 0 Å². The molecule has 0 unspecified atom stereocenters. The Balaban J connectivity index is 1.67. The van der Waals surface area contributed by atoms with Gasteiger partial charge < -0.3 is 9.73 Å². The third-order valence-electron chi connectivity index (χ3n) is 3.42. The molecule has 0 bridgehead atoms. The summed E-state index contributed by atoms with van der Waals surface area (Å²) in [5.74, 6) is 1.49. The summed E-state index contributed by atoms with van der Waals surface area (Å²) in [7, 11) is -3.67. The molecule has 0 spiro atoms. The van der Waals surface area contributed by atoms with Gasteiger partial charge >= 0.3 is 0 Å². The molecule has 0 aliphatic heterocycles. The highest BCUT2D eigenvalue weighted by atomic mass is 35.5. The van der Waals surface area contributed by atoms with Crippen molar-refractivity contribution in [2.75, 3.05) is 5.32 Å². The second-order valence-corrected chi connectivity index (χ2v) is 7.20. The zero-order chi connectivity index (χ0) is 17.2. The third kappa shape index (κ3) is 3.97. The SMILES string of the molecule is NS(=O)(=O)c1ccc(NCc2ccc(-c3cccc(Cl)c3)o2)cc1. The van der Waals surface area contributed by atoms with Crippen LogP contribution in [0.3, 0.4) is 0 Å². The number of nitrogens with one attached hydrogen (secondary N) is 1. The zero-order valence-electron chi connectivity index (χ0n) is 12.6. The first-order valence-corrected chi connectivity index (χ1v) is 9.06. The fourth-order valence-electron chi connectivity index (χ4n) is 2.22. The zero-order valence-corrected chi connectivity index (χ0v) is 14.1. The van der Waals surface area contributed by atoms with Crippen molar-refractivity contribution in [2.24, 2.45) is 5.14 Å². The second-order valence-electron chi connectivity index (χ2n) is 5.20. The third-order valence-corrected chi connectivity index (χ3v) is 4.58. The maximum absolute atomic E-state index is 11.2. The molecule has 3 aromatic rings. The largest absolute Gasteiger partial charge is 0.459 e. The van der Waals surface area contributed by atoms with Gasteiger partial charge in [-0.3, -0.25) is 0 Å². The average Bonchev–Trinajstić information content (AvgIpc) is 3.01. The Morgan fingerprint density at radius 3 is 2.46 bits per heavy atom. The topological polar surface area (TPSA) is 85.3 Å². The van der Waals surface area contributed by atoms with E-state index in [1.54, 1.807) is 12.1 Å². The predicted octanol–water partition coefficient (Wildman–Crippen LogP) is 3.86. The lowest BCUT2D eigenvalue weighted by atomic mass is 10.2. The van der Waals surface area contributed by atoms with Crippen molar-refractivity contribution < 1.29 is 12.8 Å². The van der Waals surface area contributed by atoms with Crippen molar-refractivity contribution in [3.8, 4) is 11.3 Å². The molecule has 0 saturated heterocycles. The number of hydrogen-bond donors (Lipinski definition) is 2. The van der Waals surface area contributed by atoms with Crippen molar-refractivity contribution in [3.63, 3.8) is 0 Å². The number of anilines is 1. The van der Waals surface area contributed by atoms with Crippen LogP contribution in [-0.2, 0) is 16.6 Å². The molecule has 5 nitrogen and oxygen atoms in total. The number of furan rings is 1. The first kappa shape index (κ1) is 16.6. The molecule has 3 rings (SSSR count). The molecular formula is C17H15ClN2O3S. The van der Waals surface area contributed by atoms with Gasteiger partial charge in [-0.2, -0.15) is 0 Å². The summed E-state index contributed by atoms with van der Waals surface area (Å²) in [4.78, 5) is 0.0780. The summed E-state index contributed by atoms with van der Waals surface area (Å²) in [6.45, 7) is 0.468. The van der Waals surface area contributed by atoms with Gasteiger partial charge in [-0.25, -0.2) is 13.6 Å². The molecule has 0 saturated carbocycles. The van der Waals surface area contributed by atoms with E-state index in [1.807, 2.05) is 36.4 Å². The van der Waals surface area contributed by atoms with E-state index in [2.05, 4.69) is 5.32 Å². The molecule has 3 N–H and O–H groups in total. The Hall–Kier alpha value is -2.28. The number of hydrogen-bond acceptors (Lipinski definition) is 4. The van der Waals surface area contributed by atoms with Crippen LogP contribution < -0.4 is 10.5 Å². The van der Waals surface area contributed by atoms with Crippen molar-refractivity contribution in [1.82, 2.24) is 0 Å². The fourth-order valence-corrected chi connectivity index (χ4v) is 2.93. The van der Waals surface area contributed by atoms with Crippen LogP contribution in [0.2, 0.25) is 5.02 Å². The molecule has 124 valence electrons. The maximum atomic E-state index is 11.2. The minimum absolute atomic E-state index is 0.0780. The van der Waals surface area contributed by atoms with Gasteiger partial charge in [0.05, 0.1) is 11.4 Å². The van der Waals surface area contributed by atoms with Gasteiger partial charge in [-0.1, -0.05) is 23.7 Å². The number of halogens is 1. The molecule has 0 radical (unpaired) electrons. The van der Waals surface area contributed by atoms with E-state index in [9.17, 15) is 8.42 Å². The van der Waals surface area contributed by atoms with Gasteiger partial charge in [0.2, 0.25) is 10.0 Å². The summed E-state index contributed by atoms with van der Waals surface area (Å²) in [6.07, 6.45) is 0. The monoisotopic (exact) mass is 362 g/mol. The van der Waals surface area contributed by atoms with E-state index in [0.29, 0.717) is 11.6 Å². The van der Waals surface area contributed by atoms with E-state index in [4.69, 9.17) is 21.2 Å². The number of sulfonamides is 1. The first-order chi connectivity index (χ1) is 11.4. The van der Waals surface area contributed by atoms with Gasteiger partial charge in [0.1, 0.15) is 11.5 Å². The van der Waals surface area contributed by atoms with Crippen LogP contribution in [-0.4, -0.2) is 8.42 Å². The fraction of sp³-hybridized carbons (Fsp3) is 0.0588. The number of benzene rings is 2. The number of nitrogens with two attached hydrogens (primary N) is 1. The highest BCUT2D eigenvalue weighted by Crippen LogP contribution is 2.25. The molecule has 0 amide bonds. The summed E-state index contributed by atoms with van der Waals surface area (Å²) in [5.41, 5.74) is 1.68. The lowest BCUT2D eigenvalue weighted by Gasteiger charge is -2.05. The quantitative estimate of drug-likeness (QED) is 0.721. The minimum Gasteiger partial charge on any atom is -0.459 e. The van der Waals surface area contributed by atoms with Gasteiger partial charge in [0, 0.05) is 16.3 Å². The summed E-state index contributed by atoms with van der Waals surface area (Å²) in [5, 5.41) is 8.88. The van der Waals surface area contributed by atoms with Crippen LogP contribution in [0.5, 0.6) is 0 Å². The maximum Gasteiger partial charge on any atom is 0.238 e. The Labute approximate surface area is 145 Å². The number of rotatable bonds is 5. The van der Waals surface area contributed by atoms with Crippen molar-refractivity contribution in [3.05, 3.63) is 71.4 Å². The molecule has 2 aromatic carbocycles. The second kappa shape index (κ2) is 6.68. The van der Waals surface area contributed by atoms with Crippen LogP contribution in [0.25, 0.3) is 11.3 Å². The highest BCUT2D eigenvalue weighted by Gasteiger charge is 2.08. The minimum atomic E-state index is -3.67. The van der Waals surface area contributed by atoms with Crippen molar-refractivity contribution in [1.29, 1.82) is 0 Å². The molecule has 0 atom stereocenters. The van der Waals surface area contributed by atoms with Crippen LogP contribution in [0.1, 0.15) is 5.76 Å². The lowest BCUT2D eigenvalue weighted by Crippen LogP contribution is -2.11. The van der Waals surface area contributed by atoms with Crippen molar-refractivity contribution >= 4 is 27.3 Å². The first-order valence-electron chi connectivity index (χ1n) is 7.13. The predicted molar refractivity (Wildman–Crippen MR) is 94.3 cm³/mol. The molecule has 0 aliphatic rings. The van der Waals surface area contributed by atoms with Crippen LogP contribution >= 0.6 is 11.6 Å².